The Bertz CT molecular complexity index is 951. The van der Waals surface area contributed by atoms with Crippen LogP contribution in [0, 0.1) is 6.92 Å². The maximum absolute atomic E-state index is 13.0. The first kappa shape index (κ1) is 17.7. The number of ether oxygens (including phenoxy) is 1. The van der Waals surface area contributed by atoms with Crippen LogP contribution in [0.15, 0.2) is 53.9 Å². The Kier molecular flexibility index (Phi) is 5.21. The molecule has 1 N–H and O–H groups in total. The van der Waals surface area contributed by atoms with E-state index in [-0.39, 0.29) is 11.9 Å². The second-order valence-corrected chi connectivity index (χ2v) is 7.82. The summed E-state index contributed by atoms with van der Waals surface area (Å²) < 4.78 is 5.90. The number of carbonyl (C=O) groups is 1. The molecule has 1 aliphatic rings. The van der Waals surface area contributed by atoms with Crippen LogP contribution in [0.25, 0.3) is 0 Å². The molecule has 0 saturated carbocycles. The highest BCUT2D eigenvalue weighted by Gasteiger charge is 2.23. The lowest BCUT2D eigenvalue weighted by Gasteiger charge is -2.26. The van der Waals surface area contributed by atoms with Gasteiger partial charge in [0.05, 0.1) is 22.3 Å². The fraction of sp³-hybridized carbons (Fsp3) is 0.273. The lowest BCUT2D eigenvalue weighted by atomic mass is 9.87. The minimum Gasteiger partial charge on any atom is -0.486 e. The number of nitrogens with one attached hydrogen (secondary N) is 1. The van der Waals surface area contributed by atoms with Gasteiger partial charge in [-0.25, -0.2) is 4.98 Å². The second-order valence-electron chi connectivity index (χ2n) is 6.76. The van der Waals surface area contributed by atoms with Gasteiger partial charge in [-0.3, -0.25) is 4.79 Å². The lowest BCUT2D eigenvalue weighted by Crippen LogP contribution is -2.31. The number of para-hydroxylation sites is 1. The van der Waals surface area contributed by atoms with Crippen molar-refractivity contribution in [1.29, 1.82) is 0 Å². The predicted octanol–water partition coefficient (Wildman–Crippen LogP) is 4.84. The third-order valence-electron chi connectivity index (χ3n) is 4.85. The highest BCUT2D eigenvalue weighted by Crippen LogP contribution is 2.30. The van der Waals surface area contributed by atoms with Crippen molar-refractivity contribution < 1.29 is 9.53 Å². The van der Waals surface area contributed by atoms with E-state index in [0.29, 0.717) is 17.9 Å². The Morgan fingerprint density at radius 3 is 2.89 bits per heavy atom. The summed E-state index contributed by atoms with van der Waals surface area (Å²) in [5.74, 6) is 0.492. The average Bonchev–Trinajstić information content (AvgIpc) is 3.12. The normalized spacial score (nSPS) is 15.8. The first-order chi connectivity index (χ1) is 13.2. The first-order valence-corrected chi connectivity index (χ1v) is 10.1. The number of rotatable bonds is 5. The summed E-state index contributed by atoms with van der Waals surface area (Å²) in [5.41, 5.74) is 4.01. The smallest absolute Gasteiger partial charge is 0.255 e. The molecule has 1 aromatic heterocycles. The number of hydrogen-bond acceptors (Lipinski definition) is 4. The predicted molar refractivity (Wildman–Crippen MR) is 107 cm³/mol. The summed E-state index contributed by atoms with van der Waals surface area (Å²) in [6.07, 6.45) is 3.13. The summed E-state index contributed by atoms with van der Waals surface area (Å²) in [5, 5.41) is 6.19. The molecule has 1 aliphatic carbocycles. The number of nitrogens with zero attached hydrogens (tertiary/aromatic N) is 1. The summed E-state index contributed by atoms with van der Waals surface area (Å²) in [4.78, 5) is 17.4. The van der Waals surface area contributed by atoms with Crippen molar-refractivity contribution >= 4 is 17.2 Å². The fourth-order valence-electron chi connectivity index (χ4n) is 3.55. The van der Waals surface area contributed by atoms with E-state index in [1.54, 1.807) is 11.3 Å². The molecule has 4 rings (SSSR count). The van der Waals surface area contributed by atoms with Crippen LogP contribution in [-0.4, -0.2) is 10.9 Å². The van der Waals surface area contributed by atoms with Gasteiger partial charge in [0.25, 0.3) is 5.91 Å². The van der Waals surface area contributed by atoms with Crippen LogP contribution >= 0.6 is 11.3 Å². The van der Waals surface area contributed by atoms with E-state index in [1.165, 1.54) is 11.1 Å². The summed E-state index contributed by atoms with van der Waals surface area (Å²) in [6, 6.07) is 15.8. The molecule has 27 heavy (non-hydrogen) atoms. The number of thiazole rings is 1. The largest absolute Gasteiger partial charge is 0.486 e. The van der Waals surface area contributed by atoms with Crippen molar-refractivity contribution in [3.8, 4) is 5.75 Å². The van der Waals surface area contributed by atoms with Gasteiger partial charge in [-0.05, 0) is 49.4 Å². The monoisotopic (exact) mass is 378 g/mol. The highest BCUT2D eigenvalue weighted by molar-refractivity contribution is 7.09. The Hall–Kier alpha value is -2.66. The Morgan fingerprint density at radius 1 is 1.22 bits per heavy atom. The number of benzene rings is 2. The molecule has 3 aromatic rings. The molecule has 0 spiro atoms. The molecule has 1 unspecified atom stereocenters. The molecule has 4 nitrogen and oxygen atoms in total. The molecule has 0 aliphatic heterocycles. The van der Waals surface area contributed by atoms with Crippen molar-refractivity contribution in [2.45, 2.75) is 38.8 Å². The van der Waals surface area contributed by atoms with Gasteiger partial charge in [-0.2, -0.15) is 0 Å². The van der Waals surface area contributed by atoms with Gasteiger partial charge in [0.15, 0.2) is 0 Å². The number of hydrogen-bond donors (Lipinski definition) is 1. The molecule has 5 heteroatoms. The van der Waals surface area contributed by atoms with Crippen LogP contribution in [-0.2, 0) is 13.0 Å². The van der Waals surface area contributed by atoms with Crippen LogP contribution in [0.3, 0.4) is 0 Å². The molecule has 0 fully saturated rings. The van der Waals surface area contributed by atoms with E-state index in [1.807, 2.05) is 42.6 Å². The van der Waals surface area contributed by atoms with Gasteiger partial charge in [0.2, 0.25) is 0 Å². The van der Waals surface area contributed by atoms with E-state index in [0.717, 1.165) is 30.0 Å². The minimum absolute atomic E-state index is 0.0525. The average molecular weight is 378 g/mol. The standard InChI is InChI=1S/C22H22N2O2S/c1-15-23-17(14-27-15)13-26-21-12-5-4-10-19(21)22(25)24-20-11-6-8-16-7-2-3-9-18(16)20/h2-5,7,9-10,12,14,20H,6,8,11,13H2,1H3,(H,24,25). The Balaban J connectivity index is 1.49. The number of aryl methyl sites for hydroxylation is 2. The van der Waals surface area contributed by atoms with Crippen LogP contribution in [0.4, 0.5) is 0 Å². The van der Waals surface area contributed by atoms with Gasteiger partial charge < -0.3 is 10.1 Å². The molecule has 1 atom stereocenters. The third-order valence-corrected chi connectivity index (χ3v) is 5.67. The molecule has 0 radical (unpaired) electrons. The lowest BCUT2D eigenvalue weighted by molar-refractivity contribution is 0.0928. The second kappa shape index (κ2) is 7.92. The number of fused-ring (bicyclic) bond motifs is 1. The molecule has 0 saturated heterocycles. The summed E-state index contributed by atoms with van der Waals surface area (Å²) in [6.45, 7) is 2.33. The highest BCUT2D eigenvalue weighted by atomic mass is 32.1. The van der Waals surface area contributed by atoms with E-state index < -0.39 is 0 Å². The van der Waals surface area contributed by atoms with E-state index >= 15 is 0 Å². The zero-order valence-corrected chi connectivity index (χ0v) is 16.1. The molecule has 138 valence electrons. The van der Waals surface area contributed by atoms with Gasteiger partial charge in [0.1, 0.15) is 12.4 Å². The zero-order chi connectivity index (χ0) is 18.6. The molecule has 0 bridgehead atoms. The minimum atomic E-state index is -0.0956. The van der Waals surface area contributed by atoms with Crippen molar-refractivity contribution in [1.82, 2.24) is 10.3 Å². The summed E-state index contributed by atoms with van der Waals surface area (Å²) >= 11 is 1.60. The van der Waals surface area contributed by atoms with Crippen molar-refractivity contribution in [2.24, 2.45) is 0 Å². The molecule has 1 heterocycles. The number of aromatic nitrogens is 1. The topological polar surface area (TPSA) is 51.2 Å². The van der Waals surface area contributed by atoms with Gasteiger partial charge in [-0.15, -0.1) is 11.3 Å². The SMILES string of the molecule is Cc1nc(COc2ccccc2C(=O)NC2CCCc3ccccc32)cs1. The number of carbonyl (C=O) groups excluding carboxylic acids is 1. The van der Waals surface area contributed by atoms with Crippen molar-refractivity contribution in [3.63, 3.8) is 0 Å². The van der Waals surface area contributed by atoms with Crippen LogP contribution in [0.2, 0.25) is 0 Å². The number of amides is 1. The molecular weight excluding hydrogens is 356 g/mol. The zero-order valence-electron chi connectivity index (χ0n) is 15.3. The van der Waals surface area contributed by atoms with Crippen LogP contribution < -0.4 is 10.1 Å². The van der Waals surface area contributed by atoms with Crippen LogP contribution in [0.5, 0.6) is 5.75 Å². The molecule has 1 amide bonds. The maximum atomic E-state index is 13.0. The molecule has 2 aromatic carbocycles. The van der Waals surface area contributed by atoms with E-state index in [9.17, 15) is 4.79 Å². The third kappa shape index (κ3) is 4.03. The maximum Gasteiger partial charge on any atom is 0.255 e. The Labute approximate surface area is 163 Å². The van der Waals surface area contributed by atoms with Crippen molar-refractivity contribution in [3.05, 3.63) is 81.3 Å². The summed E-state index contributed by atoms with van der Waals surface area (Å²) in [7, 11) is 0. The fourth-order valence-corrected chi connectivity index (χ4v) is 4.14. The van der Waals surface area contributed by atoms with Crippen molar-refractivity contribution in [2.75, 3.05) is 0 Å². The van der Waals surface area contributed by atoms with E-state index in [4.69, 9.17) is 4.74 Å². The van der Waals surface area contributed by atoms with Crippen LogP contribution in [0.1, 0.15) is 51.1 Å². The Morgan fingerprint density at radius 2 is 2.04 bits per heavy atom. The van der Waals surface area contributed by atoms with Gasteiger partial charge in [0, 0.05) is 5.38 Å². The molecular formula is C22H22N2O2S. The van der Waals surface area contributed by atoms with E-state index in [2.05, 4.69) is 28.5 Å². The quantitative estimate of drug-likeness (QED) is 0.691. The van der Waals surface area contributed by atoms with Gasteiger partial charge in [-0.1, -0.05) is 36.4 Å². The first-order valence-electron chi connectivity index (χ1n) is 9.22. The van der Waals surface area contributed by atoms with Gasteiger partial charge >= 0.3 is 0 Å².